The van der Waals surface area contributed by atoms with Gasteiger partial charge in [-0.05, 0) is 25.1 Å². The quantitative estimate of drug-likeness (QED) is 0.528. The van der Waals surface area contributed by atoms with Crippen LogP contribution in [0.4, 0.5) is 11.5 Å². The second kappa shape index (κ2) is 5.45. The number of amides is 1. The molecule has 1 aliphatic rings. The molecule has 7 nitrogen and oxygen atoms in total. The molecule has 0 aliphatic carbocycles. The average Bonchev–Trinajstić information content (AvgIpc) is 2.95. The fraction of sp³-hybridized carbons (Fsp3) is 0.176. The van der Waals surface area contributed by atoms with Crippen molar-refractivity contribution in [2.24, 2.45) is 0 Å². The summed E-state index contributed by atoms with van der Waals surface area (Å²) in [7, 11) is 0. The molecule has 0 saturated heterocycles. The Hall–Kier alpha value is -3.22. The SMILES string of the molecule is CC(=O)NC(C)c1nc2c([nH]1)-c1ccncc1Nc1ncccc1-2. The molecule has 1 aliphatic heterocycles. The molecule has 120 valence electrons. The monoisotopic (exact) mass is 320 g/mol. The smallest absolute Gasteiger partial charge is 0.217 e. The molecule has 24 heavy (non-hydrogen) atoms. The van der Waals surface area contributed by atoms with Crippen LogP contribution in [-0.4, -0.2) is 25.8 Å². The zero-order chi connectivity index (χ0) is 16.7. The highest BCUT2D eigenvalue weighted by molar-refractivity contribution is 5.94. The van der Waals surface area contributed by atoms with Crippen LogP contribution in [0.3, 0.4) is 0 Å². The van der Waals surface area contributed by atoms with E-state index in [2.05, 4.69) is 25.6 Å². The first-order chi connectivity index (χ1) is 11.6. The third-order valence-corrected chi connectivity index (χ3v) is 3.96. The molecule has 0 aromatic carbocycles. The third-order valence-electron chi connectivity index (χ3n) is 3.96. The van der Waals surface area contributed by atoms with E-state index in [1.165, 1.54) is 6.92 Å². The van der Waals surface area contributed by atoms with E-state index in [9.17, 15) is 4.79 Å². The highest BCUT2D eigenvalue weighted by atomic mass is 16.1. The standard InChI is InChI=1S/C17H16N6O/c1-9(20-10(2)24)16-22-14-11-5-7-18-8-13(11)21-17-12(15(14)23-16)4-3-6-19-17/h3-9H,1-2H3,(H,19,21)(H,20,24)(H,22,23). The van der Waals surface area contributed by atoms with E-state index < -0.39 is 0 Å². The van der Waals surface area contributed by atoms with Crippen LogP contribution >= 0.6 is 0 Å². The molecule has 0 radical (unpaired) electrons. The van der Waals surface area contributed by atoms with Gasteiger partial charge in [-0.15, -0.1) is 0 Å². The largest absolute Gasteiger partial charge is 0.347 e. The number of hydrogen-bond donors (Lipinski definition) is 3. The summed E-state index contributed by atoms with van der Waals surface area (Å²) in [6, 6.07) is 5.57. The van der Waals surface area contributed by atoms with Crippen molar-refractivity contribution in [3.63, 3.8) is 0 Å². The summed E-state index contributed by atoms with van der Waals surface area (Å²) in [6.07, 6.45) is 5.24. The maximum atomic E-state index is 11.3. The molecule has 0 saturated carbocycles. The van der Waals surface area contributed by atoms with Crippen LogP contribution in [0.2, 0.25) is 0 Å². The van der Waals surface area contributed by atoms with E-state index in [-0.39, 0.29) is 11.9 Å². The lowest BCUT2D eigenvalue weighted by Crippen LogP contribution is -2.24. The normalized spacial score (nSPS) is 12.9. The number of anilines is 2. The van der Waals surface area contributed by atoms with Crippen LogP contribution in [0.25, 0.3) is 22.5 Å². The maximum Gasteiger partial charge on any atom is 0.217 e. The van der Waals surface area contributed by atoms with Crippen LogP contribution < -0.4 is 10.6 Å². The fourth-order valence-corrected chi connectivity index (χ4v) is 2.90. The Morgan fingerprint density at radius 2 is 2.12 bits per heavy atom. The van der Waals surface area contributed by atoms with Crippen molar-refractivity contribution in [1.82, 2.24) is 25.3 Å². The molecule has 3 N–H and O–H groups in total. The summed E-state index contributed by atoms with van der Waals surface area (Å²) in [4.78, 5) is 28.0. The molecule has 3 aromatic heterocycles. The molecule has 1 unspecified atom stereocenters. The first kappa shape index (κ1) is 14.4. The number of nitrogens with one attached hydrogen (secondary N) is 3. The van der Waals surface area contributed by atoms with E-state index in [1.807, 2.05) is 25.1 Å². The van der Waals surface area contributed by atoms with Crippen LogP contribution in [0.15, 0.2) is 36.8 Å². The third kappa shape index (κ3) is 2.30. The van der Waals surface area contributed by atoms with Crippen LogP contribution in [-0.2, 0) is 4.79 Å². The summed E-state index contributed by atoms with van der Waals surface area (Å²) in [5, 5.41) is 6.17. The predicted octanol–water partition coefficient (Wildman–Crippen LogP) is 2.79. The van der Waals surface area contributed by atoms with Gasteiger partial charge in [0.15, 0.2) is 0 Å². The van der Waals surface area contributed by atoms with Gasteiger partial charge in [0.25, 0.3) is 0 Å². The van der Waals surface area contributed by atoms with Crippen molar-refractivity contribution in [3.8, 4) is 22.5 Å². The Labute approximate surface area is 138 Å². The molecule has 7 heteroatoms. The number of aromatic amines is 1. The topological polar surface area (TPSA) is 95.6 Å². The van der Waals surface area contributed by atoms with Crippen LogP contribution in [0.1, 0.15) is 25.7 Å². The van der Waals surface area contributed by atoms with Gasteiger partial charge in [0.05, 0.1) is 23.6 Å². The van der Waals surface area contributed by atoms with Crippen molar-refractivity contribution < 1.29 is 4.79 Å². The summed E-state index contributed by atoms with van der Waals surface area (Å²) < 4.78 is 0. The van der Waals surface area contributed by atoms with Crippen molar-refractivity contribution in [2.75, 3.05) is 5.32 Å². The van der Waals surface area contributed by atoms with Crippen molar-refractivity contribution >= 4 is 17.4 Å². The predicted molar refractivity (Wildman–Crippen MR) is 90.6 cm³/mol. The molecule has 0 fully saturated rings. The van der Waals surface area contributed by atoms with E-state index in [1.54, 1.807) is 18.6 Å². The number of aromatic nitrogens is 4. The van der Waals surface area contributed by atoms with E-state index in [4.69, 9.17) is 4.98 Å². The van der Waals surface area contributed by atoms with Gasteiger partial charge in [-0.3, -0.25) is 9.78 Å². The minimum atomic E-state index is -0.215. The lowest BCUT2D eigenvalue weighted by Gasteiger charge is -2.10. The minimum absolute atomic E-state index is 0.0950. The van der Waals surface area contributed by atoms with Gasteiger partial charge >= 0.3 is 0 Å². The summed E-state index contributed by atoms with van der Waals surface area (Å²) >= 11 is 0. The lowest BCUT2D eigenvalue weighted by atomic mass is 10.1. The molecule has 0 spiro atoms. The van der Waals surface area contributed by atoms with E-state index in [0.29, 0.717) is 5.82 Å². The Bertz CT molecular complexity index is 869. The van der Waals surface area contributed by atoms with E-state index >= 15 is 0 Å². The number of carbonyl (C=O) groups excluding carboxylic acids is 1. The number of hydrogen-bond acceptors (Lipinski definition) is 5. The first-order valence-electron chi connectivity index (χ1n) is 7.67. The van der Waals surface area contributed by atoms with Crippen LogP contribution in [0, 0.1) is 0 Å². The summed E-state index contributed by atoms with van der Waals surface area (Å²) in [5.41, 5.74) is 4.42. The Morgan fingerprint density at radius 1 is 1.25 bits per heavy atom. The Morgan fingerprint density at radius 3 is 2.96 bits per heavy atom. The summed E-state index contributed by atoms with van der Waals surface area (Å²) in [6.45, 7) is 3.39. The Kier molecular flexibility index (Phi) is 3.26. The van der Waals surface area contributed by atoms with Gasteiger partial charge in [-0.2, -0.15) is 0 Å². The van der Waals surface area contributed by atoms with Gasteiger partial charge in [0.1, 0.15) is 17.3 Å². The van der Waals surface area contributed by atoms with Gasteiger partial charge < -0.3 is 15.6 Å². The second-order valence-corrected chi connectivity index (χ2v) is 5.71. The molecular formula is C17H16N6O. The van der Waals surface area contributed by atoms with Gasteiger partial charge in [0, 0.05) is 30.4 Å². The van der Waals surface area contributed by atoms with Gasteiger partial charge in [-0.25, -0.2) is 9.97 Å². The number of H-pyrrole nitrogens is 1. The van der Waals surface area contributed by atoms with Crippen molar-refractivity contribution in [3.05, 3.63) is 42.6 Å². The maximum absolute atomic E-state index is 11.3. The molecule has 1 amide bonds. The Balaban J connectivity index is 1.93. The van der Waals surface area contributed by atoms with Gasteiger partial charge in [-0.1, -0.05) is 0 Å². The molecule has 4 rings (SSSR count). The van der Waals surface area contributed by atoms with Crippen molar-refractivity contribution in [1.29, 1.82) is 0 Å². The molecule has 0 bridgehead atoms. The molecule has 3 aromatic rings. The average molecular weight is 320 g/mol. The first-order valence-corrected chi connectivity index (χ1v) is 7.67. The molecule has 4 heterocycles. The highest BCUT2D eigenvalue weighted by Crippen LogP contribution is 2.41. The summed E-state index contributed by atoms with van der Waals surface area (Å²) in [5.74, 6) is 1.34. The van der Waals surface area contributed by atoms with Crippen LogP contribution in [0.5, 0.6) is 0 Å². The molecular weight excluding hydrogens is 304 g/mol. The number of imidazole rings is 1. The van der Waals surface area contributed by atoms with E-state index in [0.717, 1.165) is 34.0 Å². The lowest BCUT2D eigenvalue weighted by molar-refractivity contribution is -0.119. The number of fused-ring (bicyclic) bond motifs is 5. The second-order valence-electron chi connectivity index (χ2n) is 5.71. The minimum Gasteiger partial charge on any atom is -0.347 e. The number of pyridine rings is 2. The molecule has 1 atom stereocenters. The highest BCUT2D eigenvalue weighted by Gasteiger charge is 2.25. The number of rotatable bonds is 2. The zero-order valence-corrected chi connectivity index (χ0v) is 13.3. The fourth-order valence-electron chi connectivity index (χ4n) is 2.90. The number of nitrogens with zero attached hydrogens (tertiary/aromatic N) is 3. The zero-order valence-electron chi connectivity index (χ0n) is 13.3. The van der Waals surface area contributed by atoms with Crippen molar-refractivity contribution in [2.45, 2.75) is 19.9 Å². The number of carbonyl (C=O) groups is 1. The van der Waals surface area contributed by atoms with Gasteiger partial charge in [0.2, 0.25) is 5.91 Å².